The summed E-state index contributed by atoms with van der Waals surface area (Å²) in [5.74, 6) is 1.04. The van der Waals surface area contributed by atoms with Crippen LogP contribution in [-0.4, -0.2) is 72.8 Å². The average Bonchev–Trinajstić information content (AvgIpc) is 3.50. The maximum atomic E-state index is 9.66. The van der Waals surface area contributed by atoms with Crippen molar-refractivity contribution in [2.75, 3.05) is 49.6 Å². The van der Waals surface area contributed by atoms with Crippen LogP contribution in [0.2, 0.25) is 5.02 Å². The molecule has 3 aromatic rings. The smallest absolute Gasteiger partial charge is 0.318 e. The number of hydrogen-bond acceptors (Lipinski definition) is 8. The van der Waals surface area contributed by atoms with Crippen LogP contribution in [0, 0.1) is 17.2 Å². The van der Waals surface area contributed by atoms with Crippen molar-refractivity contribution in [2.45, 2.75) is 50.4 Å². The van der Waals surface area contributed by atoms with E-state index >= 15 is 0 Å². The Balaban J connectivity index is 1.23. The Kier molecular flexibility index (Phi) is 6.46. The molecule has 0 spiro atoms. The minimum absolute atomic E-state index is 0.0536. The summed E-state index contributed by atoms with van der Waals surface area (Å²) in [5.41, 5.74) is 3.36. The van der Waals surface area contributed by atoms with Gasteiger partial charge in [-0.25, -0.2) is 0 Å². The summed E-state index contributed by atoms with van der Waals surface area (Å²) in [6, 6.07) is 16.3. The SMILES string of the molecule is CN1CCCC1COc1nc2c(c(N3C[C@H]4C[C@H](C#N)[C@@H](C3)N4)n1)CCN(c1cccc3cccc(Cl)c13)C2. The highest BCUT2D eigenvalue weighted by Crippen LogP contribution is 2.38. The Morgan fingerprint density at radius 3 is 2.82 bits per heavy atom. The number of nitrogens with one attached hydrogen (secondary N) is 1. The largest absolute Gasteiger partial charge is 0.462 e. The van der Waals surface area contributed by atoms with E-state index in [9.17, 15) is 5.26 Å². The fraction of sp³-hybridized carbons (Fsp3) is 0.500. The van der Waals surface area contributed by atoms with E-state index in [-0.39, 0.29) is 12.0 Å². The maximum absolute atomic E-state index is 9.66. The van der Waals surface area contributed by atoms with Gasteiger partial charge in [0.05, 0.1) is 29.2 Å². The molecule has 39 heavy (non-hydrogen) atoms. The molecule has 1 N–H and O–H groups in total. The third kappa shape index (κ3) is 4.57. The van der Waals surface area contributed by atoms with Crippen LogP contribution in [0.25, 0.3) is 10.8 Å². The second-order valence-electron chi connectivity index (χ2n) is 11.5. The summed E-state index contributed by atoms with van der Waals surface area (Å²) in [6.45, 7) is 4.88. The highest BCUT2D eigenvalue weighted by Gasteiger charge is 2.41. The molecule has 5 heterocycles. The van der Waals surface area contributed by atoms with Crippen molar-refractivity contribution in [3.8, 4) is 12.1 Å². The fourth-order valence-electron chi connectivity index (χ4n) is 6.98. The number of nitrogens with zero attached hydrogens (tertiary/aromatic N) is 6. The van der Waals surface area contributed by atoms with E-state index in [0.717, 1.165) is 78.4 Å². The van der Waals surface area contributed by atoms with E-state index in [2.05, 4.69) is 57.4 Å². The number of halogens is 1. The van der Waals surface area contributed by atoms with Gasteiger partial charge < -0.3 is 24.8 Å². The quantitative estimate of drug-likeness (QED) is 0.517. The predicted octanol–water partition coefficient (Wildman–Crippen LogP) is 4.01. The van der Waals surface area contributed by atoms with E-state index in [4.69, 9.17) is 26.3 Å². The van der Waals surface area contributed by atoms with Crippen molar-refractivity contribution in [2.24, 2.45) is 5.92 Å². The Hall–Kier alpha value is -3.12. The monoisotopic (exact) mass is 543 g/mol. The number of aromatic nitrogens is 2. The van der Waals surface area contributed by atoms with Gasteiger partial charge in [-0.15, -0.1) is 0 Å². The number of hydrogen-bond donors (Lipinski definition) is 1. The van der Waals surface area contributed by atoms with Gasteiger partial charge in [-0.1, -0.05) is 35.9 Å². The molecule has 7 rings (SSSR count). The Bertz CT molecular complexity index is 1440. The highest BCUT2D eigenvalue weighted by atomic mass is 35.5. The van der Waals surface area contributed by atoms with Gasteiger partial charge in [-0.2, -0.15) is 15.2 Å². The first-order valence-corrected chi connectivity index (χ1v) is 14.5. The van der Waals surface area contributed by atoms with Crippen molar-refractivity contribution in [1.82, 2.24) is 20.2 Å². The molecule has 2 bridgehead atoms. The molecule has 2 aromatic carbocycles. The standard InChI is InChI=1S/C30H34ClN7O/c1-36-11-4-7-22(36)18-39-30-34-26-17-37(27-9-3-6-19-5-2-8-24(31)28(19)27)12-10-23(26)29(35-30)38-15-21-13-20(14-32)25(16-38)33-21/h2-3,5-6,8-9,20-22,25,33H,4,7,10-13,15-18H2,1H3/t20-,21-,22?,25-/m1/s1. The van der Waals surface area contributed by atoms with Gasteiger partial charge >= 0.3 is 6.01 Å². The van der Waals surface area contributed by atoms with Crippen LogP contribution < -0.4 is 19.9 Å². The van der Waals surface area contributed by atoms with Crippen LogP contribution in [0.15, 0.2) is 36.4 Å². The lowest BCUT2D eigenvalue weighted by molar-refractivity contribution is 0.187. The first-order valence-electron chi connectivity index (χ1n) is 14.1. The van der Waals surface area contributed by atoms with Gasteiger partial charge in [-0.3, -0.25) is 0 Å². The van der Waals surface area contributed by atoms with Crippen LogP contribution in [0.4, 0.5) is 11.5 Å². The Labute approximate surface area is 234 Å². The zero-order valence-corrected chi connectivity index (χ0v) is 23.1. The molecule has 1 aromatic heterocycles. The summed E-state index contributed by atoms with van der Waals surface area (Å²) in [6.07, 6.45) is 4.09. The van der Waals surface area contributed by atoms with E-state index in [1.807, 2.05) is 12.1 Å². The van der Waals surface area contributed by atoms with Crippen LogP contribution in [0.3, 0.4) is 0 Å². The van der Waals surface area contributed by atoms with Crippen LogP contribution in [-0.2, 0) is 13.0 Å². The summed E-state index contributed by atoms with van der Waals surface area (Å²) in [4.78, 5) is 17.1. The van der Waals surface area contributed by atoms with Crippen LogP contribution >= 0.6 is 11.6 Å². The molecule has 9 heteroatoms. The summed E-state index contributed by atoms with van der Waals surface area (Å²) >= 11 is 6.69. The molecule has 0 saturated carbocycles. The first-order chi connectivity index (χ1) is 19.1. The third-order valence-corrected chi connectivity index (χ3v) is 9.38. The highest BCUT2D eigenvalue weighted by molar-refractivity contribution is 6.36. The number of anilines is 2. The predicted molar refractivity (Wildman–Crippen MR) is 154 cm³/mol. The summed E-state index contributed by atoms with van der Waals surface area (Å²) < 4.78 is 6.30. The van der Waals surface area contributed by atoms with Gasteiger partial charge in [0, 0.05) is 54.4 Å². The molecule has 3 fully saturated rings. The normalized spacial score (nSPS) is 26.6. The number of benzene rings is 2. The zero-order chi connectivity index (χ0) is 26.5. The lowest BCUT2D eigenvalue weighted by Crippen LogP contribution is -2.53. The number of ether oxygens (including phenoxy) is 1. The molecule has 8 nitrogen and oxygen atoms in total. The summed E-state index contributed by atoms with van der Waals surface area (Å²) in [7, 11) is 2.16. The second-order valence-corrected chi connectivity index (χ2v) is 11.9. The van der Waals surface area contributed by atoms with Crippen LogP contribution in [0.5, 0.6) is 6.01 Å². The van der Waals surface area contributed by atoms with E-state index < -0.39 is 0 Å². The second kappa shape index (κ2) is 10.1. The minimum Gasteiger partial charge on any atom is -0.462 e. The zero-order valence-electron chi connectivity index (χ0n) is 22.3. The summed E-state index contributed by atoms with van der Waals surface area (Å²) in [5, 5.41) is 16.3. The number of piperazine rings is 1. The van der Waals surface area contributed by atoms with Crippen molar-refractivity contribution in [3.05, 3.63) is 52.7 Å². The first kappa shape index (κ1) is 24.9. The number of fused-ring (bicyclic) bond motifs is 4. The lowest BCUT2D eigenvalue weighted by Gasteiger charge is -2.37. The topological polar surface area (TPSA) is 80.5 Å². The molecule has 4 atom stereocenters. The van der Waals surface area contributed by atoms with E-state index in [0.29, 0.717) is 31.2 Å². The van der Waals surface area contributed by atoms with E-state index in [1.54, 1.807) is 0 Å². The van der Waals surface area contributed by atoms with Gasteiger partial charge in [0.1, 0.15) is 12.4 Å². The fourth-order valence-corrected chi connectivity index (χ4v) is 7.26. The molecular formula is C30H34ClN7O. The Morgan fingerprint density at radius 2 is 2.00 bits per heavy atom. The average molecular weight is 544 g/mol. The maximum Gasteiger partial charge on any atom is 0.318 e. The van der Waals surface area contributed by atoms with E-state index in [1.165, 1.54) is 12.0 Å². The Morgan fingerprint density at radius 1 is 1.13 bits per heavy atom. The number of nitriles is 1. The van der Waals surface area contributed by atoms with Crippen molar-refractivity contribution in [1.29, 1.82) is 5.26 Å². The number of likely N-dealkylation sites (N-methyl/N-ethyl adjacent to an activating group) is 1. The molecule has 0 radical (unpaired) electrons. The minimum atomic E-state index is 0.0536. The molecule has 4 aliphatic rings. The lowest BCUT2D eigenvalue weighted by atomic mass is 10.0. The van der Waals surface area contributed by atoms with Gasteiger partial charge in [0.25, 0.3) is 0 Å². The number of likely N-dealkylation sites (tertiary alicyclic amines) is 1. The van der Waals surface area contributed by atoms with Gasteiger partial charge in [0.2, 0.25) is 0 Å². The molecule has 3 saturated heterocycles. The molecule has 1 unspecified atom stereocenters. The molecule has 0 amide bonds. The van der Waals surface area contributed by atoms with Crippen molar-refractivity contribution in [3.63, 3.8) is 0 Å². The van der Waals surface area contributed by atoms with Crippen LogP contribution in [0.1, 0.15) is 30.5 Å². The molecular weight excluding hydrogens is 510 g/mol. The molecule has 0 aliphatic carbocycles. The number of rotatable bonds is 5. The van der Waals surface area contributed by atoms with Crippen molar-refractivity contribution < 1.29 is 4.74 Å². The molecule has 202 valence electrons. The van der Waals surface area contributed by atoms with Crippen molar-refractivity contribution >= 4 is 33.9 Å². The molecule has 4 aliphatic heterocycles. The third-order valence-electron chi connectivity index (χ3n) is 9.07. The van der Waals surface area contributed by atoms with Gasteiger partial charge in [0.15, 0.2) is 0 Å². The van der Waals surface area contributed by atoms with Gasteiger partial charge in [-0.05, 0) is 56.8 Å².